The van der Waals surface area contributed by atoms with Gasteiger partial charge in [0.15, 0.2) is 9.84 Å². The van der Waals surface area contributed by atoms with Crippen molar-refractivity contribution in [2.24, 2.45) is 0 Å². The van der Waals surface area contributed by atoms with Gasteiger partial charge in [-0.1, -0.05) is 0 Å². The Hall–Kier alpha value is -2.31. The molecule has 1 aromatic rings. The van der Waals surface area contributed by atoms with E-state index in [0.29, 0.717) is 49.6 Å². The quantitative estimate of drug-likeness (QED) is 0.838. The second kappa shape index (κ2) is 7.51. The van der Waals surface area contributed by atoms with Gasteiger partial charge in [0.2, 0.25) is 0 Å². The minimum atomic E-state index is -2.90. The van der Waals surface area contributed by atoms with Crippen LogP contribution in [0.3, 0.4) is 0 Å². The van der Waals surface area contributed by atoms with E-state index in [4.69, 9.17) is 10.00 Å². The number of nitrogens with zero attached hydrogens (tertiary/aromatic N) is 3. The molecule has 2 fully saturated rings. The molecule has 0 bridgehead atoms. The fourth-order valence-electron chi connectivity index (χ4n) is 3.43. The molecule has 0 radical (unpaired) electrons. The molecular formula is C17H22N4O4S. The minimum Gasteiger partial charge on any atom is -0.495 e. The number of nitrogens with one attached hydrogen (secondary N) is 1. The van der Waals surface area contributed by atoms with Gasteiger partial charge in [0.25, 0.3) is 0 Å². The standard InChI is InChI=1S/C17H22N4O4S/c1-25-16-3-2-14(10-13(16)11-18)19-17(22)21-7-5-20(6-8-21)15-4-9-26(23,24)12-15/h2-3,10,15H,4-9,12H2,1H3,(H,19,22)/t15-/m0/s1. The average Bonchev–Trinajstić information content (AvgIpc) is 3.01. The monoisotopic (exact) mass is 378 g/mol. The topological polar surface area (TPSA) is 103 Å². The van der Waals surface area contributed by atoms with Crippen LogP contribution in [-0.2, 0) is 9.84 Å². The van der Waals surface area contributed by atoms with Crippen molar-refractivity contribution in [1.82, 2.24) is 9.80 Å². The number of benzene rings is 1. The summed E-state index contributed by atoms with van der Waals surface area (Å²) in [5.74, 6) is 0.949. The number of amides is 2. The molecule has 2 amide bonds. The molecule has 2 heterocycles. The van der Waals surface area contributed by atoms with Crippen molar-refractivity contribution in [3.63, 3.8) is 0 Å². The number of anilines is 1. The van der Waals surface area contributed by atoms with Gasteiger partial charge in [0.1, 0.15) is 11.8 Å². The Morgan fingerprint density at radius 2 is 2.04 bits per heavy atom. The second-order valence-corrected chi connectivity index (χ2v) is 8.77. The number of sulfone groups is 1. The fourth-order valence-corrected chi connectivity index (χ4v) is 5.19. The van der Waals surface area contributed by atoms with Crippen LogP contribution in [0.15, 0.2) is 18.2 Å². The Bertz CT molecular complexity index is 826. The Morgan fingerprint density at radius 3 is 2.62 bits per heavy atom. The average molecular weight is 378 g/mol. The van der Waals surface area contributed by atoms with Gasteiger partial charge >= 0.3 is 6.03 Å². The van der Waals surface area contributed by atoms with Crippen LogP contribution >= 0.6 is 0 Å². The summed E-state index contributed by atoms with van der Waals surface area (Å²) in [6.45, 7) is 2.42. The molecular weight excluding hydrogens is 356 g/mol. The Balaban J connectivity index is 1.55. The van der Waals surface area contributed by atoms with Crippen molar-refractivity contribution in [2.45, 2.75) is 12.5 Å². The summed E-state index contributed by atoms with van der Waals surface area (Å²) >= 11 is 0. The SMILES string of the molecule is COc1ccc(NC(=O)N2CCN([C@H]3CCS(=O)(=O)C3)CC2)cc1C#N. The number of piperazine rings is 1. The van der Waals surface area contributed by atoms with Crippen LogP contribution in [0.25, 0.3) is 0 Å². The Morgan fingerprint density at radius 1 is 1.31 bits per heavy atom. The van der Waals surface area contributed by atoms with Gasteiger partial charge in [-0.25, -0.2) is 13.2 Å². The second-order valence-electron chi connectivity index (χ2n) is 6.54. The van der Waals surface area contributed by atoms with E-state index >= 15 is 0 Å². The fraction of sp³-hybridized carbons (Fsp3) is 0.529. The molecule has 140 valence electrons. The smallest absolute Gasteiger partial charge is 0.321 e. The molecule has 0 unspecified atom stereocenters. The molecule has 0 spiro atoms. The van der Waals surface area contributed by atoms with Gasteiger partial charge in [0, 0.05) is 37.9 Å². The molecule has 2 aliphatic heterocycles. The lowest BCUT2D eigenvalue weighted by Gasteiger charge is -2.37. The highest BCUT2D eigenvalue weighted by Crippen LogP contribution is 2.23. The largest absolute Gasteiger partial charge is 0.495 e. The van der Waals surface area contributed by atoms with E-state index in [9.17, 15) is 13.2 Å². The normalized spacial score (nSPS) is 22.6. The molecule has 2 aliphatic rings. The molecule has 3 rings (SSSR count). The van der Waals surface area contributed by atoms with Crippen LogP contribution in [0.4, 0.5) is 10.5 Å². The Labute approximate surface area is 153 Å². The summed E-state index contributed by atoms with van der Waals surface area (Å²) < 4.78 is 28.3. The molecule has 0 saturated carbocycles. The van der Waals surface area contributed by atoms with Crippen LogP contribution in [0.5, 0.6) is 5.75 Å². The van der Waals surface area contributed by atoms with E-state index in [0.717, 1.165) is 0 Å². The lowest BCUT2D eigenvalue weighted by atomic mass is 10.2. The number of nitriles is 1. The number of ether oxygens (including phenoxy) is 1. The van der Waals surface area contributed by atoms with Crippen molar-refractivity contribution in [2.75, 3.05) is 50.1 Å². The maximum absolute atomic E-state index is 12.4. The van der Waals surface area contributed by atoms with Gasteiger partial charge in [-0.05, 0) is 24.6 Å². The van der Waals surface area contributed by atoms with Gasteiger partial charge in [0.05, 0.1) is 24.2 Å². The third kappa shape index (κ3) is 4.08. The number of carbonyl (C=O) groups excluding carboxylic acids is 1. The molecule has 1 atom stereocenters. The predicted molar refractivity (Wildman–Crippen MR) is 96.9 cm³/mol. The van der Waals surface area contributed by atoms with Gasteiger partial charge < -0.3 is 15.0 Å². The maximum atomic E-state index is 12.4. The highest BCUT2D eigenvalue weighted by Gasteiger charge is 2.34. The molecule has 1 aromatic carbocycles. The third-order valence-corrected chi connectivity index (χ3v) is 6.65. The zero-order valence-corrected chi connectivity index (χ0v) is 15.5. The zero-order valence-electron chi connectivity index (χ0n) is 14.6. The summed E-state index contributed by atoms with van der Waals surface area (Å²) in [6.07, 6.45) is 0.678. The number of rotatable bonds is 3. The first-order valence-corrected chi connectivity index (χ1v) is 10.3. The van der Waals surface area contributed by atoms with E-state index < -0.39 is 9.84 Å². The number of urea groups is 1. The summed E-state index contributed by atoms with van der Waals surface area (Å²) in [7, 11) is -1.41. The van der Waals surface area contributed by atoms with Crippen LogP contribution in [0.2, 0.25) is 0 Å². The highest BCUT2D eigenvalue weighted by molar-refractivity contribution is 7.91. The first-order chi connectivity index (χ1) is 12.4. The molecule has 26 heavy (non-hydrogen) atoms. The summed E-state index contributed by atoms with van der Waals surface area (Å²) in [6, 6.07) is 6.80. The van der Waals surface area contributed by atoms with E-state index in [1.165, 1.54) is 7.11 Å². The van der Waals surface area contributed by atoms with Gasteiger partial charge in [-0.2, -0.15) is 5.26 Å². The summed E-state index contributed by atoms with van der Waals surface area (Å²) in [5, 5.41) is 11.9. The zero-order chi connectivity index (χ0) is 18.7. The van der Waals surface area contributed by atoms with Gasteiger partial charge in [-0.15, -0.1) is 0 Å². The van der Waals surface area contributed by atoms with Crippen molar-refractivity contribution in [1.29, 1.82) is 5.26 Å². The molecule has 8 nitrogen and oxygen atoms in total. The molecule has 0 aromatic heterocycles. The number of hydrogen-bond acceptors (Lipinski definition) is 6. The highest BCUT2D eigenvalue weighted by atomic mass is 32.2. The van der Waals surface area contributed by atoms with E-state index in [1.54, 1.807) is 23.1 Å². The summed E-state index contributed by atoms with van der Waals surface area (Å²) in [5.41, 5.74) is 0.897. The molecule has 1 N–H and O–H groups in total. The van der Waals surface area contributed by atoms with Crippen LogP contribution in [0.1, 0.15) is 12.0 Å². The van der Waals surface area contributed by atoms with Crippen LogP contribution in [0, 0.1) is 11.3 Å². The van der Waals surface area contributed by atoms with Crippen molar-refractivity contribution in [3.05, 3.63) is 23.8 Å². The minimum absolute atomic E-state index is 0.0741. The summed E-state index contributed by atoms with van der Waals surface area (Å²) in [4.78, 5) is 16.3. The Kier molecular flexibility index (Phi) is 5.34. The lowest BCUT2D eigenvalue weighted by Crippen LogP contribution is -2.53. The van der Waals surface area contributed by atoms with Crippen LogP contribution < -0.4 is 10.1 Å². The van der Waals surface area contributed by atoms with E-state index in [-0.39, 0.29) is 23.6 Å². The third-order valence-electron chi connectivity index (χ3n) is 4.90. The van der Waals surface area contributed by atoms with Crippen molar-refractivity contribution < 1.29 is 17.9 Å². The molecule has 9 heteroatoms. The first kappa shape index (κ1) is 18.5. The lowest BCUT2D eigenvalue weighted by molar-refractivity contribution is 0.121. The predicted octanol–water partition coefficient (Wildman–Crippen LogP) is 0.903. The number of hydrogen-bond donors (Lipinski definition) is 1. The number of methoxy groups -OCH3 is 1. The van der Waals surface area contributed by atoms with Crippen molar-refractivity contribution >= 4 is 21.6 Å². The van der Waals surface area contributed by atoms with Gasteiger partial charge in [-0.3, -0.25) is 4.90 Å². The van der Waals surface area contributed by atoms with E-state index in [1.807, 2.05) is 6.07 Å². The maximum Gasteiger partial charge on any atom is 0.321 e. The van der Waals surface area contributed by atoms with Crippen LogP contribution in [-0.4, -0.2) is 75.1 Å². The molecule has 0 aliphatic carbocycles. The van der Waals surface area contributed by atoms with E-state index in [2.05, 4.69) is 10.2 Å². The number of carbonyl (C=O) groups is 1. The first-order valence-electron chi connectivity index (χ1n) is 8.50. The molecule has 2 saturated heterocycles. The van der Waals surface area contributed by atoms with Crippen molar-refractivity contribution in [3.8, 4) is 11.8 Å².